The monoisotopic (exact) mass is 410 g/mol. The lowest BCUT2D eigenvalue weighted by Crippen LogP contribution is -2.49. The third kappa shape index (κ3) is 4.63. The van der Waals surface area contributed by atoms with E-state index in [0.29, 0.717) is 31.1 Å². The van der Waals surface area contributed by atoms with E-state index in [2.05, 4.69) is 25.8 Å². The van der Waals surface area contributed by atoms with Crippen molar-refractivity contribution >= 4 is 17.7 Å². The number of amides is 1. The summed E-state index contributed by atoms with van der Waals surface area (Å²) in [5.74, 6) is 2.34. The van der Waals surface area contributed by atoms with Gasteiger partial charge in [0.2, 0.25) is 11.8 Å². The van der Waals surface area contributed by atoms with Crippen molar-refractivity contribution in [3.8, 4) is 5.88 Å². The molecular weight excluding hydrogens is 380 g/mol. The Morgan fingerprint density at radius 2 is 1.77 bits per heavy atom. The number of carbonyl (C=O) groups is 1. The number of aryl methyl sites for hydroxylation is 1. The molecule has 160 valence electrons. The van der Waals surface area contributed by atoms with E-state index in [4.69, 9.17) is 9.72 Å². The number of carbonyl (C=O) groups excluding carboxylic acids is 1. The molecule has 0 aromatic carbocycles. The zero-order chi connectivity index (χ0) is 20.9. The molecule has 4 heterocycles. The number of hydrogen-bond donors (Lipinski definition) is 0. The van der Waals surface area contributed by atoms with Crippen molar-refractivity contribution in [3.05, 3.63) is 35.7 Å². The molecule has 0 bridgehead atoms. The average Bonchev–Trinajstić information content (AvgIpc) is 2.80. The van der Waals surface area contributed by atoms with Crippen LogP contribution < -0.4 is 14.5 Å². The molecule has 0 N–H and O–H groups in total. The van der Waals surface area contributed by atoms with Gasteiger partial charge in [-0.15, -0.1) is 0 Å². The molecule has 2 saturated heterocycles. The molecule has 0 radical (unpaired) electrons. The second-order valence-corrected chi connectivity index (χ2v) is 7.81. The van der Waals surface area contributed by atoms with Crippen LogP contribution in [0.25, 0.3) is 0 Å². The van der Waals surface area contributed by atoms with Gasteiger partial charge < -0.3 is 19.4 Å². The topological polar surface area (TPSA) is 74.7 Å². The summed E-state index contributed by atoms with van der Waals surface area (Å²) in [5.41, 5.74) is 1.57. The first-order valence-electron chi connectivity index (χ1n) is 10.9. The maximum atomic E-state index is 12.8. The van der Waals surface area contributed by atoms with Gasteiger partial charge in [0.05, 0.1) is 12.2 Å². The van der Waals surface area contributed by atoms with Gasteiger partial charge in [-0.3, -0.25) is 4.79 Å². The van der Waals surface area contributed by atoms with Gasteiger partial charge in [0, 0.05) is 63.3 Å². The molecule has 8 heteroatoms. The predicted octanol–water partition coefficient (Wildman–Crippen LogP) is 2.53. The maximum Gasteiger partial charge on any atom is 0.255 e. The minimum Gasteiger partial charge on any atom is -0.478 e. The molecule has 2 aromatic rings. The van der Waals surface area contributed by atoms with Crippen molar-refractivity contribution in [3.63, 3.8) is 0 Å². The van der Waals surface area contributed by atoms with E-state index in [1.165, 1.54) is 19.3 Å². The van der Waals surface area contributed by atoms with Gasteiger partial charge in [-0.1, -0.05) is 0 Å². The number of piperazine rings is 1. The minimum atomic E-state index is 0.00404. The molecule has 2 aliphatic heterocycles. The van der Waals surface area contributed by atoms with Crippen LogP contribution >= 0.6 is 0 Å². The van der Waals surface area contributed by atoms with Crippen LogP contribution in [0.3, 0.4) is 0 Å². The van der Waals surface area contributed by atoms with Crippen molar-refractivity contribution in [2.24, 2.45) is 0 Å². The summed E-state index contributed by atoms with van der Waals surface area (Å²) in [6.45, 7) is 9.35. The number of aromatic nitrogens is 3. The molecule has 8 nitrogen and oxygen atoms in total. The summed E-state index contributed by atoms with van der Waals surface area (Å²) < 4.78 is 5.35. The smallest absolute Gasteiger partial charge is 0.255 e. The molecule has 4 rings (SSSR count). The largest absolute Gasteiger partial charge is 0.478 e. The van der Waals surface area contributed by atoms with E-state index in [9.17, 15) is 4.79 Å². The summed E-state index contributed by atoms with van der Waals surface area (Å²) in [4.78, 5) is 33.0. The third-order valence-corrected chi connectivity index (χ3v) is 5.63. The Hall–Kier alpha value is -2.90. The van der Waals surface area contributed by atoms with Crippen molar-refractivity contribution < 1.29 is 9.53 Å². The van der Waals surface area contributed by atoms with Crippen LogP contribution in [0.15, 0.2) is 24.4 Å². The summed E-state index contributed by atoms with van der Waals surface area (Å²) in [5, 5.41) is 0. The molecule has 30 heavy (non-hydrogen) atoms. The lowest BCUT2D eigenvalue weighted by atomic mass is 10.1. The van der Waals surface area contributed by atoms with Crippen LogP contribution in [-0.4, -0.2) is 71.6 Å². The van der Waals surface area contributed by atoms with Crippen LogP contribution in [0.1, 0.15) is 42.2 Å². The molecule has 2 aliphatic rings. The fourth-order valence-electron chi connectivity index (χ4n) is 4.00. The molecule has 0 unspecified atom stereocenters. The summed E-state index contributed by atoms with van der Waals surface area (Å²) in [6.07, 6.45) is 5.33. The van der Waals surface area contributed by atoms with Gasteiger partial charge in [-0.2, -0.15) is 4.98 Å². The maximum absolute atomic E-state index is 12.8. The quantitative estimate of drug-likeness (QED) is 0.750. The average molecular weight is 411 g/mol. The van der Waals surface area contributed by atoms with Gasteiger partial charge in [-0.25, -0.2) is 9.97 Å². The van der Waals surface area contributed by atoms with Crippen molar-refractivity contribution in [1.82, 2.24) is 19.9 Å². The Kier molecular flexibility index (Phi) is 6.30. The second-order valence-electron chi connectivity index (χ2n) is 7.81. The number of ether oxygens (including phenoxy) is 1. The van der Waals surface area contributed by atoms with Crippen LogP contribution in [0, 0.1) is 6.92 Å². The van der Waals surface area contributed by atoms with Crippen molar-refractivity contribution in [2.45, 2.75) is 33.1 Å². The molecule has 0 aliphatic carbocycles. The van der Waals surface area contributed by atoms with Gasteiger partial charge in [0.15, 0.2) is 0 Å². The fourth-order valence-corrected chi connectivity index (χ4v) is 4.00. The Morgan fingerprint density at radius 3 is 2.43 bits per heavy atom. The summed E-state index contributed by atoms with van der Waals surface area (Å²) >= 11 is 0. The SMILES string of the molecule is CCOc1ccc(C(=O)N2CCN(c3nc(C)cc(N4CCCCC4)n3)CC2)cn1. The first-order chi connectivity index (χ1) is 14.6. The van der Waals surface area contributed by atoms with Crippen LogP contribution in [0.2, 0.25) is 0 Å². The highest BCUT2D eigenvalue weighted by atomic mass is 16.5. The second kappa shape index (κ2) is 9.28. The van der Waals surface area contributed by atoms with Crippen molar-refractivity contribution in [1.29, 1.82) is 0 Å². The highest BCUT2D eigenvalue weighted by Crippen LogP contribution is 2.22. The highest BCUT2D eigenvalue weighted by Gasteiger charge is 2.25. The fraction of sp³-hybridized carbons (Fsp3) is 0.545. The number of nitrogens with zero attached hydrogens (tertiary/aromatic N) is 6. The van der Waals surface area contributed by atoms with Crippen LogP contribution in [-0.2, 0) is 0 Å². The minimum absolute atomic E-state index is 0.00404. The van der Waals surface area contributed by atoms with Gasteiger partial charge >= 0.3 is 0 Å². The lowest BCUT2D eigenvalue weighted by Gasteiger charge is -2.35. The highest BCUT2D eigenvalue weighted by molar-refractivity contribution is 5.94. The van der Waals surface area contributed by atoms with Crippen LogP contribution in [0.5, 0.6) is 5.88 Å². The zero-order valence-electron chi connectivity index (χ0n) is 17.9. The molecule has 0 atom stereocenters. The standard InChI is InChI=1S/C22H30N6O2/c1-3-30-20-8-7-18(16-23-20)21(29)27-11-13-28(14-12-27)22-24-17(2)15-19(25-22)26-9-5-4-6-10-26/h7-8,15-16H,3-6,9-14H2,1-2H3. The number of piperidine rings is 1. The first-order valence-corrected chi connectivity index (χ1v) is 10.9. The molecule has 0 saturated carbocycles. The Balaban J connectivity index is 1.39. The normalized spacial score (nSPS) is 17.2. The van der Waals surface area contributed by atoms with E-state index < -0.39 is 0 Å². The van der Waals surface area contributed by atoms with Gasteiger partial charge in [0.1, 0.15) is 5.82 Å². The van der Waals surface area contributed by atoms with Gasteiger partial charge in [0.25, 0.3) is 5.91 Å². The van der Waals surface area contributed by atoms with E-state index in [1.807, 2.05) is 18.7 Å². The summed E-state index contributed by atoms with van der Waals surface area (Å²) in [6, 6.07) is 5.60. The Morgan fingerprint density at radius 1 is 1.00 bits per heavy atom. The van der Waals surface area contributed by atoms with E-state index in [1.54, 1.807) is 18.3 Å². The Labute approximate surface area is 177 Å². The number of pyridine rings is 1. The number of rotatable bonds is 5. The van der Waals surface area contributed by atoms with Gasteiger partial charge in [-0.05, 0) is 39.2 Å². The number of hydrogen-bond acceptors (Lipinski definition) is 7. The lowest BCUT2D eigenvalue weighted by molar-refractivity contribution is 0.0745. The first kappa shape index (κ1) is 20.4. The van der Waals surface area contributed by atoms with E-state index in [0.717, 1.165) is 43.6 Å². The number of anilines is 2. The molecule has 2 aromatic heterocycles. The van der Waals surface area contributed by atoms with Crippen molar-refractivity contribution in [2.75, 3.05) is 55.7 Å². The molecule has 1 amide bonds. The molecule has 0 spiro atoms. The molecular formula is C22H30N6O2. The van der Waals surface area contributed by atoms with E-state index >= 15 is 0 Å². The Bertz CT molecular complexity index is 858. The zero-order valence-corrected chi connectivity index (χ0v) is 17.9. The third-order valence-electron chi connectivity index (χ3n) is 5.63. The molecule has 2 fully saturated rings. The summed E-state index contributed by atoms with van der Waals surface area (Å²) in [7, 11) is 0. The predicted molar refractivity (Wildman–Crippen MR) is 116 cm³/mol. The van der Waals surface area contributed by atoms with E-state index in [-0.39, 0.29) is 5.91 Å². The van der Waals surface area contributed by atoms with Crippen LogP contribution in [0.4, 0.5) is 11.8 Å².